The molecule has 0 bridgehead atoms. The highest BCUT2D eigenvalue weighted by molar-refractivity contribution is 7.93. The Morgan fingerprint density at radius 1 is 1.00 bits per heavy atom. The lowest BCUT2D eigenvalue weighted by Crippen LogP contribution is -2.42. The summed E-state index contributed by atoms with van der Waals surface area (Å²) in [5.41, 5.74) is 3.92. The first kappa shape index (κ1) is 21.9. The molecule has 0 fully saturated rings. The summed E-state index contributed by atoms with van der Waals surface area (Å²) in [5.74, 6) is 0.570. The minimum Gasteiger partial charge on any atom is -0.496 e. The summed E-state index contributed by atoms with van der Waals surface area (Å²) in [6.45, 7) is 4.12. The molecule has 166 valence electrons. The van der Waals surface area contributed by atoms with E-state index in [4.69, 9.17) is 4.74 Å². The normalized spacial score (nSPS) is 13.9. The molecular weight excluding hydrogens is 424 g/mol. The fourth-order valence-electron chi connectivity index (χ4n) is 3.91. The van der Waals surface area contributed by atoms with Crippen molar-refractivity contribution >= 4 is 21.6 Å². The van der Waals surface area contributed by atoms with Crippen LogP contribution >= 0.6 is 0 Å². The van der Waals surface area contributed by atoms with Gasteiger partial charge in [-0.25, -0.2) is 8.42 Å². The quantitative estimate of drug-likeness (QED) is 0.607. The van der Waals surface area contributed by atoms with Crippen molar-refractivity contribution in [3.63, 3.8) is 0 Å². The van der Waals surface area contributed by atoms with Gasteiger partial charge in [0.05, 0.1) is 17.7 Å². The van der Waals surface area contributed by atoms with Gasteiger partial charge >= 0.3 is 0 Å². The van der Waals surface area contributed by atoms with E-state index in [2.05, 4.69) is 19.2 Å². The second kappa shape index (κ2) is 8.67. The number of amides is 1. The van der Waals surface area contributed by atoms with E-state index in [0.29, 0.717) is 22.9 Å². The largest absolute Gasteiger partial charge is 0.496 e. The Morgan fingerprint density at radius 2 is 1.72 bits per heavy atom. The van der Waals surface area contributed by atoms with E-state index in [1.807, 2.05) is 48.5 Å². The standard InChI is InChI=1S/C25H26N2O4S/c1-17(2)18-12-13-22-21(14-18)20-9-5-7-11-24(20)32(29,30)27(22)16-25(28)26-15-19-8-4-6-10-23(19)31-3/h4-14,17H,15-16H2,1-3H3,(H,26,28). The molecule has 0 aliphatic carbocycles. The van der Waals surface area contributed by atoms with Crippen LogP contribution in [0.2, 0.25) is 0 Å². The maximum Gasteiger partial charge on any atom is 0.265 e. The molecule has 0 aromatic heterocycles. The maximum atomic E-state index is 13.4. The van der Waals surface area contributed by atoms with Gasteiger partial charge < -0.3 is 10.1 Å². The second-order valence-corrected chi connectivity index (χ2v) is 9.86. The predicted molar refractivity (Wildman–Crippen MR) is 125 cm³/mol. The summed E-state index contributed by atoms with van der Waals surface area (Å²) in [4.78, 5) is 13.0. The Bertz CT molecular complexity index is 1270. The van der Waals surface area contributed by atoms with Gasteiger partial charge in [-0.1, -0.05) is 56.3 Å². The number of ether oxygens (including phenoxy) is 1. The van der Waals surface area contributed by atoms with E-state index in [0.717, 1.165) is 16.7 Å². The molecule has 0 saturated heterocycles. The molecule has 0 spiro atoms. The molecular formula is C25H26N2O4S. The van der Waals surface area contributed by atoms with Crippen LogP contribution in [-0.4, -0.2) is 28.0 Å². The minimum absolute atomic E-state index is 0.214. The summed E-state index contributed by atoms with van der Waals surface area (Å²) in [5, 5.41) is 2.82. The summed E-state index contributed by atoms with van der Waals surface area (Å²) in [6, 6.07) is 20.1. The van der Waals surface area contributed by atoms with Crippen molar-refractivity contribution in [3.8, 4) is 16.9 Å². The third-order valence-corrected chi connectivity index (χ3v) is 7.47. The van der Waals surface area contributed by atoms with Crippen molar-refractivity contribution in [2.75, 3.05) is 18.0 Å². The summed E-state index contributed by atoms with van der Waals surface area (Å²) < 4.78 is 33.4. The van der Waals surface area contributed by atoms with Crippen LogP contribution in [0.5, 0.6) is 5.75 Å². The Balaban J connectivity index is 1.66. The molecule has 0 atom stereocenters. The molecule has 1 N–H and O–H groups in total. The number of methoxy groups -OCH3 is 1. The first-order chi connectivity index (χ1) is 15.3. The highest BCUT2D eigenvalue weighted by Crippen LogP contribution is 2.43. The fourth-order valence-corrected chi connectivity index (χ4v) is 5.56. The van der Waals surface area contributed by atoms with Crippen molar-refractivity contribution < 1.29 is 17.9 Å². The zero-order valence-corrected chi connectivity index (χ0v) is 19.1. The molecule has 1 aliphatic rings. The van der Waals surface area contributed by atoms with Gasteiger partial charge in [0.1, 0.15) is 12.3 Å². The first-order valence-electron chi connectivity index (χ1n) is 10.5. The number of hydrogen-bond acceptors (Lipinski definition) is 4. The monoisotopic (exact) mass is 450 g/mol. The molecule has 1 amide bonds. The zero-order chi connectivity index (χ0) is 22.9. The van der Waals surface area contributed by atoms with Gasteiger partial charge in [0, 0.05) is 23.2 Å². The van der Waals surface area contributed by atoms with Gasteiger partial charge in [0.25, 0.3) is 10.0 Å². The van der Waals surface area contributed by atoms with Gasteiger partial charge in [0.15, 0.2) is 0 Å². The van der Waals surface area contributed by atoms with E-state index in [9.17, 15) is 13.2 Å². The molecule has 1 heterocycles. The molecule has 1 aliphatic heterocycles. The molecule has 32 heavy (non-hydrogen) atoms. The van der Waals surface area contributed by atoms with Gasteiger partial charge in [-0.15, -0.1) is 0 Å². The summed E-state index contributed by atoms with van der Waals surface area (Å²) in [7, 11) is -2.30. The van der Waals surface area contributed by atoms with Crippen molar-refractivity contribution in [2.45, 2.75) is 31.2 Å². The number of sulfonamides is 1. The minimum atomic E-state index is -3.87. The van der Waals surface area contributed by atoms with Crippen molar-refractivity contribution in [3.05, 3.63) is 77.9 Å². The van der Waals surface area contributed by atoms with Crippen molar-refractivity contribution in [1.29, 1.82) is 0 Å². The smallest absolute Gasteiger partial charge is 0.265 e. The van der Waals surface area contributed by atoms with Crippen LogP contribution in [0.3, 0.4) is 0 Å². The number of anilines is 1. The number of carbonyl (C=O) groups excluding carboxylic acids is 1. The first-order valence-corrected chi connectivity index (χ1v) is 11.9. The number of hydrogen-bond donors (Lipinski definition) is 1. The van der Waals surface area contributed by atoms with Crippen LogP contribution in [0.15, 0.2) is 71.6 Å². The molecule has 0 radical (unpaired) electrons. The Labute approximate surface area is 188 Å². The average Bonchev–Trinajstić information content (AvgIpc) is 2.80. The van der Waals surface area contributed by atoms with Gasteiger partial charge in [-0.3, -0.25) is 9.10 Å². The number of para-hydroxylation sites is 1. The van der Waals surface area contributed by atoms with Crippen LogP contribution in [0.1, 0.15) is 30.9 Å². The average molecular weight is 451 g/mol. The van der Waals surface area contributed by atoms with Crippen LogP contribution in [0.25, 0.3) is 11.1 Å². The van der Waals surface area contributed by atoms with Crippen molar-refractivity contribution in [2.24, 2.45) is 0 Å². The maximum absolute atomic E-state index is 13.4. The number of carbonyl (C=O) groups is 1. The van der Waals surface area contributed by atoms with Crippen LogP contribution in [0, 0.1) is 0 Å². The predicted octanol–water partition coefficient (Wildman–Crippen LogP) is 4.31. The third-order valence-electron chi connectivity index (χ3n) is 5.66. The highest BCUT2D eigenvalue weighted by Gasteiger charge is 2.36. The van der Waals surface area contributed by atoms with Gasteiger partial charge in [0.2, 0.25) is 5.91 Å². The second-order valence-electron chi connectivity index (χ2n) is 8.03. The molecule has 6 nitrogen and oxygen atoms in total. The number of nitrogens with zero attached hydrogens (tertiary/aromatic N) is 1. The van der Waals surface area contributed by atoms with Crippen LogP contribution in [-0.2, 0) is 21.4 Å². The lowest BCUT2D eigenvalue weighted by molar-refractivity contribution is -0.119. The molecule has 0 unspecified atom stereocenters. The summed E-state index contributed by atoms with van der Waals surface area (Å²) >= 11 is 0. The molecule has 3 aromatic carbocycles. The van der Waals surface area contributed by atoms with Gasteiger partial charge in [-0.05, 0) is 35.7 Å². The molecule has 4 rings (SSSR count). The Hall–Kier alpha value is -3.32. The molecule has 7 heteroatoms. The van der Waals surface area contributed by atoms with Crippen molar-refractivity contribution in [1.82, 2.24) is 5.32 Å². The van der Waals surface area contributed by atoms with E-state index in [-0.39, 0.29) is 18.0 Å². The lowest BCUT2D eigenvalue weighted by Gasteiger charge is -2.32. The van der Waals surface area contributed by atoms with E-state index in [1.165, 1.54) is 4.31 Å². The Kier molecular flexibility index (Phi) is 5.93. The van der Waals surface area contributed by atoms with Gasteiger partial charge in [-0.2, -0.15) is 0 Å². The Morgan fingerprint density at radius 3 is 2.47 bits per heavy atom. The zero-order valence-electron chi connectivity index (χ0n) is 18.3. The summed E-state index contributed by atoms with van der Waals surface area (Å²) in [6.07, 6.45) is 0. The molecule has 3 aromatic rings. The third kappa shape index (κ3) is 3.96. The van der Waals surface area contributed by atoms with E-state index in [1.54, 1.807) is 25.3 Å². The lowest BCUT2D eigenvalue weighted by atomic mass is 9.95. The number of fused-ring (bicyclic) bond motifs is 3. The topological polar surface area (TPSA) is 75.7 Å². The number of rotatable bonds is 6. The SMILES string of the molecule is COc1ccccc1CNC(=O)CN1c2ccc(C(C)C)cc2-c2ccccc2S1(=O)=O. The fraction of sp³-hybridized carbons (Fsp3) is 0.240. The number of benzene rings is 3. The van der Waals surface area contributed by atoms with E-state index >= 15 is 0 Å². The van der Waals surface area contributed by atoms with Crippen LogP contribution < -0.4 is 14.4 Å². The van der Waals surface area contributed by atoms with Crippen LogP contribution in [0.4, 0.5) is 5.69 Å². The molecule has 0 saturated carbocycles. The highest BCUT2D eigenvalue weighted by atomic mass is 32.2. The van der Waals surface area contributed by atoms with E-state index < -0.39 is 15.9 Å². The number of nitrogens with one attached hydrogen (secondary N) is 1.